The summed E-state index contributed by atoms with van der Waals surface area (Å²) in [4.78, 5) is 12.5. The van der Waals surface area contributed by atoms with Crippen LogP contribution in [-0.2, 0) is 19.0 Å². The van der Waals surface area contributed by atoms with E-state index in [2.05, 4.69) is 6.58 Å². The number of halogens is 9. The minimum absolute atomic E-state index is 0.182. The predicted octanol–water partition coefficient (Wildman–Crippen LogP) is 6.96. The van der Waals surface area contributed by atoms with Crippen LogP contribution in [0.15, 0.2) is 12.2 Å². The van der Waals surface area contributed by atoms with Gasteiger partial charge in [0.05, 0.1) is 5.60 Å². The van der Waals surface area contributed by atoms with Gasteiger partial charge in [-0.2, -0.15) is 39.5 Å². The molecular weight excluding hydrogens is 579 g/mol. The van der Waals surface area contributed by atoms with E-state index in [-0.39, 0.29) is 18.4 Å². The molecule has 0 amide bonds. The monoisotopic (exact) mass is 620 g/mol. The van der Waals surface area contributed by atoms with Crippen LogP contribution in [0.2, 0.25) is 0 Å². The van der Waals surface area contributed by atoms with Crippen LogP contribution in [0.5, 0.6) is 0 Å². The lowest BCUT2D eigenvalue weighted by atomic mass is 9.80. The number of ether oxygens (including phenoxy) is 3. The Hall–Kier alpha value is -1.58. The fourth-order valence-electron chi connectivity index (χ4n) is 4.18. The van der Waals surface area contributed by atoms with E-state index in [9.17, 15) is 54.5 Å². The van der Waals surface area contributed by atoms with Crippen LogP contribution < -0.4 is 0 Å². The van der Waals surface area contributed by atoms with Gasteiger partial charge in [0, 0.05) is 12.0 Å². The molecule has 6 nitrogen and oxygen atoms in total. The first-order valence-corrected chi connectivity index (χ1v) is 12.6. The van der Waals surface area contributed by atoms with E-state index >= 15 is 0 Å². The van der Waals surface area contributed by atoms with Gasteiger partial charge in [-0.25, -0.2) is 4.79 Å². The molecule has 0 aliphatic heterocycles. The zero-order chi connectivity index (χ0) is 33.5. The molecule has 4 unspecified atom stereocenters. The average Bonchev–Trinajstić information content (AvgIpc) is 2.74. The van der Waals surface area contributed by atoms with Gasteiger partial charge in [0.15, 0.2) is 5.60 Å². The molecule has 15 heteroatoms. The maximum Gasteiger partial charge on any atom is 0.429 e. The van der Waals surface area contributed by atoms with E-state index in [4.69, 9.17) is 14.2 Å². The van der Waals surface area contributed by atoms with Crippen molar-refractivity contribution in [3.8, 4) is 0 Å². The van der Waals surface area contributed by atoms with E-state index in [1.54, 1.807) is 0 Å². The first-order chi connectivity index (χ1) is 17.7. The van der Waals surface area contributed by atoms with Crippen molar-refractivity contribution in [3.63, 3.8) is 0 Å². The van der Waals surface area contributed by atoms with Gasteiger partial charge in [-0.05, 0) is 68.2 Å². The standard InChI is InChI=1S/C26H41F9O6/c1-12-20(9,40-19(7,8)23(38,25(30,31)32)26(33,34)35)14-16(39-17(36)15(3)4)21(10,13-2)41-18(5,6)22(11,37)24(27,28)29/h16,37-38H,3,12-14H2,1-2,4-11H3. The summed E-state index contributed by atoms with van der Waals surface area (Å²) in [7, 11) is 0. The number of carbonyl (C=O) groups is 1. The van der Waals surface area contributed by atoms with Crippen LogP contribution in [0, 0.1) is 0 Å². The second-order valence-corrected chi connectivity index (χ2v) is 11.8. The molecule has 244 valence electrons. The lowest BCUT2D eigenvalue weighted by Gasteiger charge is -2.51. The third-order valence-electron chi connectivity index (χ3n) is 7.75. The molecule has 0 aromatic heterocycles. The number of hydrogen-bond donors (Lipinski definition) is 2. The Labute approximate surface area is 234 Å². The number of aliphatic hydroxyl groups is 2. The summed E-state index contributed by atoms with van der Waals surface area (Å²) in [5.74, 6) is -1.08. The van der Waals surface area contributed by atoms with Crippen LogP contribution in [0.25, 0.3) is 0 Å². The van der Waals surface area contributed by atoms with E-state index in [0.717, 1.165) is 20.8 Å². The lowest BCUT2D eigenvalue weighted by molar-refractivity contribution is -0.421. The minimum atomic E-state index is -6.23. The highest BCUT2D eigenvalue weighted by molar-refractivity contribution is 5.87. The van der Waals surface area contributed by atoms with Crippen molar-refractivity contribution in [2.24, 2.45) is 0 Å². The van der Waals surface area contributed by atoms with E-state index in [1.807, 2.05) is 0 Å². The van der Waals surface area contributed by atoms with Gasteiger partial charge in [-0.15, -0.1) is 0 Å². The number of rotatable bonds is 13. The van der Waals surface area contributed by atoms with Crippen LogP contribution in [-0.4, -0.2) is 74.4 Å². The summed E-state index contributed by atoms with van der Waals surface area (Å²) in [6.45, 7) is 12.7. The first-order valence-electron chi connectivity index (χ1n) is 12.6. The number of carbonyl (C=O) groups excluding carboxylic acids is 1. The number of alkyl halides is 9. The van der Waals surface area contributed by atoms with Crippen molar-refractivity contribution < 1.29 is 68.7 Å². The Morgan fingerprint density at radius 3 is 1.44 bits per heavy atom. The van der Waals surface area contributed by atoms with Crippen molar-refractivity contribution in [2.45, 2.75) is 147 Å². The Morgan fingerprint density at radius 1 is 0.732 bits per heavy atom. The zero-order valence-corrected chi connectivity index (χ0v) is 24.8. The summed E-state index contributed by atoms with van der Waals surface area (Å²) < 4.78 is 140. The van der Waals surface area contributed by atoms with Crippen molar-refractivity contribution >= 4 is 5.97 Å². The molecule has 0 aromatic rings. The molecule has 0 rings (SSSR count). The lowest BCUT2D eigenvalue weighted by Crippen LogP contribution is -2.71. The van der Waals surface area contributed by atoms with Crippen molar-refractivity contribution in [1.29, 1.82) is 0 Å². The summed E-state index contributed by atoms with van der Waals surface area (Å²) in [6, 6.07) is 0. The summed E-state index contributed by atoms with van der Waals surface area (Å²) in [5, 5.41) is 20.3. The van der Waals surface area contributed by atoms with Gasteiger partial charge >= 0.3 is 24.5 Å². The summed E-state index contributed by atoms with van der Waals surface area (Å²) in [6.07, 6.45) is -20.5. The minimum Gasteiger partial charge on any atom is -0.456 e. The molecule has 41 heavy (non-hydrogen) atoms. The third-order valence-corrected chi connectivity index (χ3v) is 7.75. The fourth-order valence-corrected chi connectivity index (χ4v) is 4.18. The second kappa shape index (κ2) is 11.8. The SMILES string of the molecule is C=C(C)C(=O)OC(CC(C)(CC)OC(C)(C)C(O)(C(F)(F)F)C(F)(F)F)C(C)(CC)OC(C)(C)C(C)(O)C(F)(F)F. The normalized spacial score (nSPS) is 19.5. The Bertz CT molecular complexity index is 923. The second-order valence-electron chi connectivity index (χ2n) is 11.8. The van der Waals surface area contributed by atoms with E-state index in [0.29, 0.717) is 20.8 Å². The quantitative estimate of drug-likeness (QED) is 0.132. The van der Waals surface area contributed by atoms with Crippen LogP contribution in [0.3, 0.4) is 0 Å². The molecule has 4 atom stereocenters. The zero-order valence-electron chi connectivity index (χ0n) is 24.8. The van der Waals surface area contributed by atoms with Gasteiger partial charge < -0.3 is 24.4 Å². The molecule has 0 fully saturated rings. The van der Waals surface area contributed by atoms with Crippen LogP contribution in [0.4, 0.5) is 39.5 Å². The molecule has 0 aromatic carbocycles. The molecule has 0 aliphatic rings. The molecular formula is C26H41F9O6. The molecule has 0 heterocycles. The van der Waals surface area contributed by atoms with Gasteiger partial charge in [-0.3, -0.25) is 0 Å². The maximum absolute atomic E-state index is 13.7. The Balaban J connectivity index is 6.96. The average molecular weight is 621 g/mol. The smallest absolute Gasteiger partial charge is 0.429 e. The highest BCUT2D eigenvalue weighted by atomic mass is 19.4. The van der Waals surface area contributed by atoms with Gasteiger partial charge in [0.25, 0.3) is 5.60 Å². The van der Waals surface area contributed by atoms with E-state index in [1.165, 1.54) is 27.7 Å². The van der Waals surface area contributed by atoms with Crippen molar-refractivity contribution in [1.82, 2.24) is 0 Å². The predicted molar refractivity (Wildman–Crippen MR) is 131 cm³/mol. The third kappa shape index (κ3) is 7.88. The summed E-state index contributed by atoms with van der Waals surface area (Å²) >= 11 is 0. The number of esters is 1. The van der Waals surface area contributed by atoms with Crippen LogP contribution in [0.1, 0.15) is 88.5 Å². The summed E-state index contributed by atoms with van der Waals surface area (Å²) in [5.41, 5.74) is -18.7. The van der Waals surface area contributed by atoms with Gasteiger partial charge in [0.1, 0.15) is 22.9 Å². The van der Waals surface area contributed by atoms with E-state index < -0.39 is 70.6 Å². The molecule has 0 radical (unpaired) electrons. The highest BCUT2D eigenvalue weighted by Gasteiger charge is 2.78. The molecule has 2 N–H and O–H groups in total. The van der Waals surface area contributed by atoms with Crippen LogP contribution >= 0.6 is 0 Å². The molecule has 0 saturated carbocycles. The Kier molecular flexibility index (Phi) is 11.4. The molecule has 0 spiro atoms. The largest absolute Gasteiger partial charge is 0.456 e. The molecule has 0 bridgehead atoms. The van der Waals surface area contributed by atoms with Gasteiger partial charge in [-0.1, -0.05) is 20.4 Å². The Morgan fingerprint density at radius 2 is 1.15 bits per heavy atom. The highest BCUT2D eigenvalue weighted by Crippen LogP contribution is 2.52. The van der Waals surface area contributed by atoms with Crippen molar-refractivity contribution in [3.05, 3.63) is 12.2 Å². The fraction of sp³-hybridized carbons (Fsp3) is 0.885. The molecule has 0 saturated heterocycles. The molecule has 0 aliphatic carbocycles. The number of hydrogen-bond acceptors (Lipinski definition) is 6. The topological polar surface area (TPSA) is 85.2 Å². The van der Waals surface area contributed by atoms with Gasteiger partial charge in [0.2, 0.25) is 0 Å². The van der Waals surface area contributed by atoms with Crippen molar-refractivity contribution in [2.75, 3.05) is 0 Å². The maximum atomic E-state index is 13.7. The first kappa shape index (κ1) is 39.4.